The van der Waals surface area contributed by atoms with E-state index in [-0.39, 0.29) is 56.8 Å². The van der Waals surface area contributed by atoms with Crippen LogP contribution in [0.2, 0.25) is 0 Å². The molecular formula is C42H26Na2O12S2. The van der Waals surface area contributed by atoms with Gasteiger partial charge >= 0.3 is 62.1 Å². The maximum absolute atomic E-state index is 12.2. The van der Waals surface area contributed by atoms with Crippen LogP contribution in [0.3, 0.4) is 0 Å². The van der Waals surface area contributed by atoms with Crippen molar-refractivity contribution in [3.63, 3.8) is 0 Å². The summed E-state index contributed by atoms with van der Waals surface area (Å²) in [7, 11) is -5.90. The Morgan fingerprint density at radius 3 is 1.00 bits per heavy atom. The molecular weight excluding hydrogens is 807 g/mol. The van der Waals surface area contributed by atoms with Gasteiger partial charge in [-0.1, -0.05) is 72.8 Å². The van der Waals surface area contributed by atoms with Crippen molar-refractivity contribution in [2.45, 2.75) is 0 Å². The molecule has 2 aliphatic carbocycles. The molecule has 0 amide bonds. The molecule has 0 aromatic heterocycles. The molecule has 0 aliphatic heterocycles. The Morgan fingerprint density at radius 2 is 0.672 bits per heavy atom. The van der Waals surface area contributed by atoms with Crippen LogP contribution in [0.1, 0.15) is 52.6 Å². The molecule has 0 heterocycles. The molecule has 0 saturated carbocycles. The van der Waals surface area contributed by atoms with E-state index in [0.717, 1.165) is 21.5 Å². The Balaban J connectivity index is 0.000000152. The van der Waals surface area contributed by atoms with E-state index in [4.69, 9.17) is 16.8 Å². The fourth-order valence-corrected chi connectivity index (χ4v) is 6.17. The molecule has 7 aromatic carbocycles. The van der Waals surface area contributed by atoms with Crippen LogP contribution in [0.25, 0.3) is 32.3 Å². The third-order valence-electron chi connectivity index (χ3n) is 8.78. The predicted molar refractivity (Wildman–Crippen MR) is 219 cm³/mol. The maximum atomic E-state index is 12.2. The van der Waals surface area contributed by atoms with E-state index in [9.17, 15) is 39.6 Å². The Labute approximate surface area is 360 Å². The molecule has 0 atom stereocenters. The number of rotatable bonds is 0. The number of carbonyl (C=O) groups is 4. The van der Waals surface area contributed by atoms with Crippen molar-refractivity contribution < 1.29 is 56.4 Å². The zero-order valence-electron chi connectivity index (χ0n) is 30.6. The van der Waals surface area contributed by atoms with Crippen LogP contribution in [0.5, 0.6) is 23.0 Å². The van der Waals surface area contributed by atoms with Crippen LogP contribution >= 0.6 is 0 Å². The molecule has 7 aromatic rings. The number of hydrogen-bond donors (Lipinski definition) is 4. The number of hydrogen-bond acceptors (Lipinski definition) is 12. The zero-order chi connectivity index (χ0) is 42.3. The van der Waals surface area contributed by atoms with Gasteiger partial charge in [0.1, 0.15) is 23.0 Å². The summed E-state index contributed by atoms with van der Waals surface area (Å²) in [5, 5.41) is 44.3. The quantitative estimate of drug-likeness (QED) is 0.0792. The van der Waals surface area contributed by atoms with Crippen LogP contribution in [0.4, 0.5) is 0 Å². The number of aromatic hydroxyl groups is 4. The van der Waals surface area contributed by atoms with Gasteiger partial charge in [0.15, 0.2) is 23.1 Å². The summed E-state index contributed by atoms with van der Waals surface area (Å²) in [5.41, 5.74) is 1.25. The van der Waals surface area contributed by atoms with Crippen LogP contribution in [0, 0.1) is 0 Å². The molecule has 58 heavy (non-hydrogen) atoms. The van der Waals surface area contributed by atoms with E-state index in [0.29, 0.717) is 21.9 Å². The van der Waals surface area contributed by atoms with Crippen molar-refractivity contribution >= 4 is 118 Å². The van der Waals surface area contributed by atoms with Gasteiger partial charge in [-0.15, -0.1) is 0 Å². The Hall–Kier alpha value is -5.42. The first kappa shape index (κ1) is 43.7. The van der Waals surface area contributed by atoms with E-state index < -0.39 is 30.1 Å². The van der Waals surface area contributed by atoms with Gasteiger partial charge in [0.05, 0.1) is 11.1 Å². The Kier molecular flexibility index (Phi) is 14.6. The van der Waals surface area contributed by atoms with Crippen molar-refractivity contribution in [3.05, 3.63) is 167 Å². The molecule has 280 valence electrons. The van der Waals surface area contributed by atoms with Crippen molar-refractivity contribution in [3.8, 4) is 23.0 Å². The fourth-order valence-electron chi connectivity index (χ4n) is 6.17. The summed E-state index contributed by atoms with van der Waals surface area (Å²) in [6.07, 6.45) is 2.67. The summed E-state index contributed by atoms with van der Waals surface area (Å²) in [6.45, 7) is 0. The van der Waals surface area contributed by atoms with Gasteiger partial charge < -0.3 is 20.4 Å². The molecule has 12 nitrogen and oxygen atoms in total. The van der Waals surface area contributed by atoms with Crippen molar-refractivity contribution in [1.82, 2.24) is 0 Å². The molecule has 4 N–H and O–H groups in total. The Morgan fingerprint density at radius 1 is 0.379 bits per heavy atom. The van der Waals surface area contributed by atoms with E-state index in [1.165, 1.54) is 92.2 Å². The third kappa shape index (κ3) is 9.47. The van der Waals surface area contributed by atoms with Gasteiger partial charge in [0.2, 0.25) is 0 Å². The summed E-state index contributed by atoms with van der Waals surface area (Å²) < 4.78 is 36.3. The van der Waals surface area contributed by atoms with E-state index in [1.54, 1.807) is 24.3 Å². The second-order valence-electron chi connectivity index (χ2n) is 12.1. The summed E-state index contributed by atoms with van der Waals surface area (Å²) in [5.74, 6) is -1.30. The average molecular weight is 833 g/mol. The van der Waals surface area contributed by atoms with Crippen molar-refractivity contribution in [2.75, 3.05) is 0 Å². The molecule has 0 radical (unpaired) electrons. The SMILES string of the molecule is O=C1C=CC(=O)c2cc3ccccc3cc21.O=C1c2ccccc2C(=O)c2c(O)ccc(O)c21.O=S(=O)=S(=O)=O.Oc1ccc(O)c2cc3ccccc3cc12.[Na][Na]. The number of carbonyl (C=O) groups excluding carboxylic acids is 4. The van der Waals surface area contributed by atoms with Crippen LogP contribution < -0.4 is 0 Å². The molecule has 16 heteroatoms. The molecule has 9 rings (SSSR count). The van der Waals surface area contributed by atoms with Gasteiger partial charge in [-0.25, -0.2) is 0 Å². The van der Waals surface area contributed by atoms with E-state index in [1.807, 2.05) is 60.7 Å². The third-order valence-corrected chi connectivity index (χ3v) is 9.67. The van der Waals surface area contributed by atoms with Gasteiger partial charge in [-0.3, -0.25) is 19.2 Å². The number of fused-ring (bicyclic) bond motifs is 6. The second kappa shape index (κ2) is 19.4. The molecule has 0 bridgehead atoms. The van der Waals surface area contributed by atoms with Gasteiger partial charge in [0, 0.05) is 33.0 Å². The second-order valence-corrected chi connectivity index (χ2v) is 14.6. The zero-order valence-corrected chi connectivity index (χ0v) is 36.2. The van der Waals surface area contributed by atoms with E-state index >= 15 is 0 Å². The summed E-state index contributed by atoms with van der Waals surface area (Å²) >= 11 is 2.89. The number of ketones is 4. The minimum absolute atomic E-state index is 0.0969. The van der Waals surface area contributed by atoms with Crippen molar-refractivity contribution in [2.24, 2.45) is 0 Å². The van der Waals surface area contributed by atoms with E-state index in [2.05, 4.69) is 0 Å². The van der Waals surface area contributed by atoms with Crippen LogP contribution in [-0.4, -0.2) is 104 Å². The average Bonchev–Trinajstić information content (AvgIpc) is 3.24. The van der Waals surface area contributed by atoms with Crippen molar-refractivity contribution in [1.29, 1.82) is 0 Å². The first-order chi connectivity index (χ1) is 27.8. The first-order valence-corrected chi connectivity index (χ1v) is 28.0. The summed E-state index contributed by atoms with van der Waals surface area (Å²) in [6, 6.07) is 34.7. The molecule has 0 saturated heterocycles. The van der Waals surface area contributed by atoms with Crippen LogP contribution in [-0.2, 0) is 18.5 Å². The topological polar surface area (TPSA) is 217 Å². The number of allylic oxidation sites excluding steroid dienone is 2. The standard InChI is InChI=1S/C14H8O4.C14H10O2.C14H8O2.2Na.O4S2/c15-9-5-6-10(16)12-11(9)13(17)7-3-1-2-4-8(7)14(12)18;2*15-13-5-6-14(16)12-8-10-4-2-1-3-9(10)7-11(12)13;;;1-5(2)6(3)4/h1-6,15-16H;1-8,15-16H;1-8H;;;. The molecule has 0 fully saturated rings. The van der Waals surface area contributed by atoms with Crippen LogP contribution in [0.15, 0.2) is 133 Å². The molecule has 0 spiro atoms. The number of phenolic OH excluding ortho intramolecular Hbond substituents is 4. The number of phenols is 4. The first-order valence-electron chi connectivity index (χ1n) is 17.3. The van der Waals surface area contributed by atoms with Gasteiger partial charge in [-0.2, -0.15) is 16.8 Å². The summed E-state index contributed by atoms with van der Waals surface area (Å²) in [4.78, 5) is 47.7. The van der Waals surface area contributed by atoms with Gasteiger partial charge in [-0.05, 0) is 82.2 Å². The fraction of sp³-hybridized carbons (Fsp3) is 0. The normalized spacial score (nSPS) is 11.9. The van der Waals surface area contributed by atoms with Gasteiger partial charge in [0.25, 0.3) is 0 Å². The molecule has 2 aliphatic rings. The minimum atomic E-state index is -2.95. The Bertz CT molecular complexity index is 2900. The number of benzene rings is 7. The predicted octanol–water partition coefficient (Wildman–Crippen LogP) is 5.95. The molecule has 0 unspecified atom stereocenters. The monoisotopic (exact) mass is 832 g/mol.